The van der Waals surface area contributed by atoms with Gasteiger partial charge < -0.3 is 15.3 Å². The van der Waals surface area contributed by atoms with Gasteiger partial charge >= 0.3 is 12.2 Å². The highest BCUT2D eigenvalue weighted by Gasteiger charge is 2.31. The van der Waals surface area contributed by atoms with E-state index < -0.39 is 23.9 Å². The monoisotopic (exact) mass is 302 g/mol. The largest absolute Gasteiger partial charge is 0.416 e. The van der Waals surface area contributed by atoms with Gasteiger partial charge in [-0.1, -0.05) is 0 Å². The summed E-state index contributed by atoms with van der Waals surface area (Å²) < 4.78 is 38.2. The van der Waals surface area contributed by atoms with Gasteiger partial charge in [-0.25, -0.2) is 4.79 Å². The molecule has 4 nitrogen and oxygen atoms in total. The third-order valence-electron chi connectivity index (χ3n) is 3.34. The summed E-state index contributed by atoms with van der Waals surface area (Å²) in [5, 5.41) is 12.0. The summed E-state index contributed by atoms with van der Waals surface area (Å²) in [7, 11) is 0. The Balaban J connectivity index is 2.12. The molecule has 1 aliphatic rings. The van der Waals surface area contributed by atoms with Crippen LogP contribution in [-0.2, 0) is 6.18 Å². The van der Waals surface area contributed by atoms with E-state index in [2.05, 4.69) is 5.32 Å². The summed E-state index contributed by atoms with van der Waals surface area (Å²) >= 11 is 0. The number of β-amino-alcohol motifs (C(OH)–C–C–N with tert-alkyl or cyclic N) is 1. The Morgan fingerprint density at radius 1 is 1.38 bits per heavy atom. The zero-order chi connectivity index (χ0) is 15.6. The van der Waals surface area contributed by atoms with Gasteiger partial charge in [-0.05, 0) is 43.5 Å². The Hall–Kier alpha value is -1.76. The fourth-order valence-electron chi connectivity index (χ4n) is 2.36. The topological polar surface area (TPSA) is 52.6 Å². The highest BCUT2D eigenvalue weighted by Crippen LogP contribution is 2.32. The van der Waals surface area contributed by atoms with Crippen LogP contribution < -0.4 is 5.32 Å². The number of urea groups is 1. The number of hydrogen-bond donors (Lipinski definition) is 2. The number of likely N-dealkylation sites (tertiary alicyclic amines) is 1. The lowest BCUT2D eigenvalue weighted by Crippen LogP contribution is -2.44. The number of nitrogens with zero attached hydrogens (tertiary/aromatic N) is 1. The van der Waals surface area contributed by atoms with Gasteiger partial charge in [0.1, 0.15) is 0 Å². The number of benzene rings is 1. The first kappa shape index (κ1) is 15.6. The van der Waals surface area contributed by atoms with E-state index in [0.717, 1.165) is 12.1 Å². The van der Waals surface area contributed by atoms with Gasteiger partial charge in [-0.2, -0.15) is 13.2 Å². The number of aliphatic hydroxyl groups is 1. The second-order valence-electron chi connectivity index (χ2n) is 5.26. The van der Waals surface area contributed by atoms with Crippen molar-refractivity contribution >= 4 is 11.7 Å². The number of hydrogen-bond acceptors (Lipinski definition) is 2. The lowest BCUT2D eigenvalue weighted by atomic mass is 10.1. The van der Waals surface area contributed by atoms with Crippen LogP contribution in [0.3, 0.4) is 0 Å². The summed E-state index contributed by atoms with van der Waals surface area (Å²) in [6, 6.07) is 2.92. The molecule has 21 heavy (non-hydrogen) atoms. The first-order valence-electron chi connectivity index (χ1n) is 6.68. The first-order chi connectivity index (χ1) is 9.75. The van der Waals surface area contributed by atoms with Gasteiger partial charge in [0.2, 0.25) is 0 Å². The van der Waals surface area contributed by atoms with Gasteiger partial charge in [0.25, 0.3) is 0 Å². The molecule has 2 rings (SSSR count). The van der Waals surface area contributed by atoms with E-state index in [4.69, 9.17) is 0 Å². The molecule has 2 amide bonds. The van der Waals surface area contributed by atoms with Gasteiger partial charge in [0.05, 0.1) is 11.7 Å². The van der Waals surface area contributed by atoms with Crippen LogP contribution in [0.1, 0.15) is 24.0 Å². The number of carbonyl (C=O) groups excluding carboxylic acids is 1. The minimum atomic E-state index is -4.45. The third-order valence-corrected chi connectivity index (χ3v) is 3.34. The number of rotatable bonds is 1. The van der Waals surface area contributed by atoms with E-state index in [0.29, 0.717) is 24.9 Å². The van der Waals surface area contributed by atoms with Crippen LogP contribution in [-0.4, -0.2) is 35.2 Å². The van der Waals surface area contributed by atoms with Crippen molar-refractivity contribution in [2.45, 2.75) is 32.0 Å². The molecule has 1 fully saturated rings. The molecular formula is C14H17F3N2O2. The lowest BCUT2D eigenvalue weighted by Gasteiger charge is -2.30. The Labute approximate surface area is 120 Å². The number of piperidine rings is 1. The van der Waals surface area contributed by atoms with E-state index >= 15 is 0 Å². The second-order valence-corrected chi connectivity index (χ2v) is 5.26. The zero-order valence-corrected chi connectivity index (χ0v) is 11.6. The van der Waals surface area contributed by atoms with E-state index in [9.17, 15) is 23.1 Å². The van der Waals surface area contributed by atoms with Gasteiger partial charge in [0, 0.05) is 18.8 Å². The van der Waals surface area contributed by atoms with Gasteiger partial charge in [0.15, 0.2) is 0 Å². The predicted molar refractivity (Wildman–Crippen MR) is 72.0 cm³/mol. The van der Waals surface area contributed by atoms with Gasteiger partial charge in [-0.3, -0.25) is 0 Å². The normalized spacial score (nSPS) is 19.5. The average molecular weight is 302 g/mol. The molecular weight excluding hydrogens is 285 g/mol. The van der Waals surface area contributed by atoms with Crippen molar-refractivity contribution < 1.29 is 23.1 Å². The molecule has 1 aromatic rings. The number of aryl methyl sites for hydroxylation is 1. The first-order valence-corrected chi connectivity index (χ1v) is 6.68. The molecule has 7 heteroatoms. The standard InChI is InChI=1S/C14H17F3N2O2/c1-9-5-10(14(15,16)17)7-11(6-9)18-13(21)19-4-2-3-12(20)8-19/h5-7,12,20H,2-4,8H2,1H3,(H,18,21). The Bertz CT molecular complexity index is 531. The maximum Gasteiger partial charge on any atom is 0.416 e. The number of alkyl halides is 3. The number of amides is 2. The maximum absolute atomic E-state index is 12.7. The van der Waals surface area contributed by atoms with Crippen molar-refractivity contribution in [3.63, 3.8) is 0 Å². The summed E-state index contributed by atoms with van der Waals surface area (Å²) in [6.07, 6.45) is -3.72. The molecule has 0 saturated carbocycles. The number of carbonyl (C=O) groups is 1. The second kappa shape index (κ2) is 5.93. The molecule has 1 aromatic carbocycles. The highest BCUT2D eigenvalue weighted by atomic mass is 19.4. The maximum atomic E-state index is 12.7. The summed E-state index contributed by atoms with van der Waals surface area (Å²) in [4.78, 5) is 13.4. The molecule has 0 aliphatic carbocycles. The Kier molecular flexibility index (Phi) is 4.41. The minimum Gasteiger partial charge on any atom is -0.391 e. The molecule has 1 saturated heterocycles. The molecule has 1 heterocycles. The van der Waals surface area contributed by atoms with E-state index in [1.54, 1.807) is 0 Å². The molecule has 0 spiro atoms. The Morgan fingerprint density at radius 2 is 2.10 bits per heavy atom. The molecule has 1 unspecified atom stereocenters. The lowest BCUT2D eigenvalue weighted by molar-refractivity contribution is -0.137. The van der Waals surface area contributed by atoms with Crippen molar-refractivity contribution in [1.82, 2.24) is 4.90 Å². The van der Waals surface area contributed by atoms with E-state index in [-0.39, 0.29) is 12.2 Å². The molecule has 0 aromatic heterocycles. The smallest absolute Gasteiger partial charge is 0.391 e. The molecule has 1 atom stereocenters. The van der Waals surface area contributed by atoms with Crippen LogP contribution in [0.15, 0.2) is 18.2 Å². The number of anilines is 1. The van der Waals surface area contributed by atoms with Crippen molar-refractivity contribution in [3.05, 3.63) is 29.3 Å². The highest BCUT2D eigenvalue weighted by molar-refractivity contribution is 5.89. The van der Waals surface area contributed by atoms with Crippen LogP contribution >= 0.6 is 0 Å². The van der Waals surface area contributed by atoms with Crippen LogP contribution in [0.5, 0.6) is 0 Å². The predicted octanol–water partition coefficient (Wildman–Crippen LogP) is 3.00. The number of nitrogens with one attached hydrogen (secondary N) is 1. The van der Waals surface area contributed by atoms with Crippen molar-refractivity contribution in [2.24, 2.45) is 0 Å². The average Bonchev–Trinajstić information content (AvgIpc) is 2.37. The molecule has 2 N–H and O–H groups in total. The van der Waals surface area contributed by atoms with Crippen molar-refractivity contribution in [2.75, 3.05) is 18.4 Å². The Morgan fingerprint density at radius 3 is 2.71 bits per heavy atom. The zero-order valence-electron chi connectivity index (χ0n) is 11.6. The molecule has 0 radical (unpaired) electrons. The third kappa shape index (κ3) is 4.10. The quantitative estimate of drug-likeness (QED) is 0.838. The van der Waals surface area contributed by atoms with Crippen LogP contribution in [0.2, 0.25) is 0 Å². The van der Waals surface area contributed by atoms with Crippen LogP contribution in [0.25, 0.3) is 0 Å². The van der Waals surface area contributed by atoms with Crippen LogP contribution in [0.4, 0.5) is 23.7 Å². The van der Waals surface area contributed by atoms with E-state index in [1.165, 1.54) is 17.9 Å². The molecule has 1 aliphatic heterocycles. The minimum absolute atomic E-state index is 0.104. The summed E-state index contributed by atoms with van der Waals surface area (Å²) in [5.41, 5.74) is -0.275. The fraction of sp³-hybridized carbons (Fsp3) is 0.500. The van der Waals surface area contributed by atoms with Crippen molar-refractivity contribution in [3.8, 4) is 0 Å². The summed E-state index contributed by atoms with van der Waals surface area (Å²) in [5.74, 6) is 0. The molecule has 0 bridgehead atoms. The summed E-state index contributed by atoms with van der Waals surface area (Å²) in [6.45, 7) is 2.22. The fourth-order valence-corrected chi connectivity index (χ4v) is 2.36. The number of halogens is 3. The van der Waals surface area contributed by atoms with E-state index in [1.807, 2.05) is 0 Å². The molecule has 116 valence electrons. The number of aliphatic hydroxyl groups excluding tert-OH is 1. The van der Waals surface area contributed by atoms with Crippen LogP contribution in [0, 0.1) is 6.92 Å². The van der Waals surface area contributed by atoms with Gasteiger partial charge in [-0.15, -0.1) is 0 Å². The van der Waals surface area contributed by atoms with Crippen molar-refractivity contribution in [1.29, 1.82) is 0 Å². The SMILES string of the molecule is Cc1cc(NC(=O)N2CCCC(O)C2)cc(C(F)(F)F)c1.